The quantitative estimate of drug-likeness (QED) is 0.664. The maximum absolute atomic E-state index is 13.8. The molecule has 2 aromatic heterocycles. The van der Waals surface area contributed by atoms with Gasteiger partial charge < -0.3 is 4.90 Å². The largest absolute Gasteiger partial charge is 0.336 e. The Bertz CT molecular complexity index is 961. The molecule has 29 heavy (non-hydrogen) atoms. The van der Waals surface area contributed by atoms with Gasteiger partial charge in [-0.2, -0.15) is 0 Å². The number of carbonyl (C=O) groups is 1. The number of nitrogens with zero attached hydrogens (tertiary/aromatic N) is 6. The number of carbonyl (C=O) groups excluding carboxylic acids is 1. The van der Waals surface area contributed by atoms with Gasteiger partial charge in [0.05, 0.1) is 18.4 Å². The predicted molar refractivity (Wildman–Crippen MR) is 106 cm³/mol. The molecule has 1 aliphatic rings. The van der Waals surface area contributed by atoms with Gasteiger partial charge in [-0.3, -0.25) is 14.7 Å². The average molecular weight is 394 g/mol. The van der Waals surface area contributed by atoms with E-state index in [0.29, 0.717) is 24.3 Å². The normalized spacial score (nSPS) is 15.3. The molecule has 8 heteroatoms. The fourth-order valence-corrected chi connectivity index (χ4v) is 3.49. The molecule has 4 rings (SSSR count). The third kappa shape index (κ3) is 4.83. The van der Waals surface area contributed by atoms with Crippen molar-refractivity contribution < 1.29 is 9.18 Å². The molecule has 0 bridgehead atoms. The Balaban J connectivity index is 1.36. The SMILES string of the molecule is O=C(c1cn(Cc2ccccc2F)nn1)N1CCCN(Cc2ccccn2)CC1. The van der Waals surface area contributed by atoms with Crippen molar-refractivity contribution in [1.29, 1.82) is 0 Å². The lowest BCUT2D eigenvalue weighted by Gasteiger charge is -2.21. The van der Waals surface area contributed by atoms with Crippen molar-refractivity contribution in [2.45, 2.75) is 19.5 Å². The lowest BCUT2D eigenvalue weighted by atomic mass is 10.2. The monoisotopic (exact) mass is 394 g/mol. The van der Waals surface area contributed by atoms with Crippen molar-refractivity contribution in [2.24, 2.45) is 0 Å². The Labute approximate surface area is 168 Å². The maximum Gasteiger partial charge on any atom is 0.276 e. The van der Waals surface area contributed by atoms with Crippen molar-refractivity contribution in [2.75, 3.05) is 26.2 Å². The van der Waals surface area contributed by atoms with E-state index in [1.54, 1.807) is 30.6 Å². The van der Waals surface area contributed by atoms with Crippen molar-refractivity contribution in [3.8, 4) is 0 Å². The van der Waals surface area contributed by atoms with E-state index in [-0.39, 0.29) is 18.3 Å². The predicted octanol–water partition coefficient (Wildman–Crippen LogP) is 2.21. The molecule has 1 fully saturated rings. The highest BCUT2D eigenvalue weighted by molar-refractivity contribution is 5.91. The second-order valence-electron chi connectivity index (χ2n) is 7.14. The van der Waals surface area contributed by atoms with Gasteiger partial charge in [-0.25, -0.2) is 9.07 Å². The van der Waals surface area contributed by atoms with Crippen molar-refractivity contribution in [3.05, 3.63) is 77.6 Å². The highest BCUT2D eigenvalue weighted by Crippen LogP contribution is 2.12. The van der Waals surface area contributed by atoms with Crippen LogP contribution in [0.3, 0.4) is 0 Å². The van der Waals surface area contributed by atoms with Crippen LogP contribution in [0, 0.1) is 5.82 Å². The van der Waals surface area contributed by atoms with Crippen LogP contribution >= 0.6 is 0 Å². The second-order valence-corrected chi connectivity index (χ2v) is 7.14. The molecular weight excluding hydrogens is 371 g/mol. The van der Waals surface area contributed by atoms with Gasteiger partial charge in [0.25, 0.3) is 5.91 Å². The lowest BCUT2D eigenvalue weighted by molar-refractivity contribution is 0.0755. The van der Waals surface area contributed by atoms with Gasteiger partial charge in [0.15, 0.2) is 5.69 Å². The Morgan fingerprint density at radius 2 is 1.86 bits per heavy atom. The van der Waals surface area contributed by atoms with E-state index in [4.69, 9.17) is 0 Å². The third-order valence-electron chi connectivity index (χ3n) is 5.04. The third-order valence-corrected chi connectivity index (χ3v) is 5.04. The zero-order valence-corrected chi connectivity index (χ0v) is 16.1. The zero-order valence-electron chi connectivity index (χ0n) is 16.1. The molecule has 0 radical (unpaired) electrons. The molecule has 0 spiro atoms. The standard InChI is InChI=1S/C21H23FN6O/c22-19-8-2-1-6-17(19)14-28-16-20(24-25-28)21(29)27-11-5-10-26(12-13-27)15-18-7-3-4-9-23-18/h1-4,6-9,16H,5,10-15H2. The van der Waals surface area contributed by atoms with Gasteiger partial charge in [0.2, 0.25) is 0 Å². The van der Waals surface area contributed by atoms with E-state index in [1.807, 2.05) is 23.1 Å². The van der Waals surface area contributed by atoms with E-state index in [2.05, 4.69) is 20.2 Å². The Hall–Kier alpha value is -3.13. The first-order valence-electron chi connectivity index (χ1n) is 9.74. The molecule has 1 aromatic carbocycles. The van der Waals surface area contributed by atoms with E-state index in [0.717, 1.165) is 31.7 Å². The molecule has 3 aromatic rings. The second kappa shape index (κ2) is 8.91. The number of aromatic nitrogens is 4. The number of hydrogen-bond donors (Lipinski definition) is 0. The van der Waals surface area contributed by atoms with Crippen LogP contribution in [0.2, 0.25) is 0 Å². The van der Waals surface area contributed by atoms with Gasteiger partial charge in [-0.05, 0) is 24.6 Å². The van der Waals surface area contributed by atoms with Crippen LogP contribution in [-0.4, -0.2) is 61.9 Å². The number of halogens is 1. The fourth-order valence-electron chi connectivity index (χ4n) is 3.49. The zero-order chi connectivity index (χ0) is 20.1. The van der Waals surface area contributed by atoms with Gasteiger partial charge in [0, 0.05) is 44.5 Å². The first kappa shape index (κ1) is 19.2. The molecule has 1 amide bonds. The smallest absolute Gasteiger partial charge is 0.276 e. The minimum absolute atomic E-state index is 0.135. The van der Waals surface area contributed by atoms with Crippen LogP contribution in [0.5, 0.6) is 0 Å². The topological polar surface area (TPSA) is 67.2 Å². The van der Waals surface area contributed by atoms with E-state index in [9.17, 15) is 9.18 Å². The van der Waals surface area contributed by atoms with Crippen LogP contribution in [0.1, 0.15) is 28.2 Å². The van der Waals surface area contributed by atoms with E-state index in [1.165, 1.54) is 10.7 Å². The van der Waals surface area contributed by atoms with Crippen LogP contribution < -0.4 is 0 Å². The summed E-state index contributed by atoms with van der Waals surface area (Å²) in [6.45, 7) is 4.03. The summed E-state index contributed by atoms with van der Waals surface area (Å²) < 4.78 is 15.3. The molecule has 0 aliphatic carbocycles. The minimum Gasteiger partial charge on any atom is -0.336 e. The van der Waals surface area contributed by atoms with E-state index < -0.39 is 0 Å². The number of hydrogen-bond acceptors (Lipinski definition) is 5. The summed E-state index contributed by atoms with van der Waals surface area (Å²) in [7, 11) is 0. The van der Waals surface area contributed by atoms with Crippen molar-refractivity contribution in [1.82, 2.24) is 29.8 Å². The molecule has 1 saturated heterocycles. The summed E-state index contributed by atoms with van der Waals surface area (Å²) in [4.78, 5) is 21.4. The molecule has 7 nitrogen and oxygen atoms in total. The summed E-state index contributed by atoms with van der Waals surface area (Å²) in [5.41, 5.74) is 1.83. The Morgan fingerprint density at radius 1 is 1.00 bits per heavy atom. The van der Waals surface area contributed by atoms with Gasteiger partial charge in [0.1, 0.15) is 5.82 Å². The average Bonchev–Trinajstić information content (AvgIpc) is 3.08. The summed E-state index contributed by atoms with van der Waals surface area (Å²) in [5.74, 6) is -0.430. The van der Waals surface area contributed by atoms with Crippen LogP contribution in [-0.2, 0) is 13.1 Å². The highest BCUT2D eigenvalue weighted by Gasteiger charge is 2.23. The maximum atomic E-state index is 13.8. The molecular formula is C21H23FN6O. The molecule has 150 valence electrons. The lowest BCUT2D eigenvalue weighted by Crippen LogP contribution is -2.35. The van der Waals surface area contributed by atoms with E-state index >= 15 is 0 Å². The van der Waals surface area contributed by atoms with Crippen LogP contribution in [0.4, 0.5) is 4.39 Å². The number of pyridine rings is 1. The summed E-state index contributed by atoms with van der Waals surface area (Å²) in [6, 6.07) is 12.4. The van der Waals surface area contributed by atoms with Crippen LogP contribution in [0.15, 0.2) is 54.9 Å². The molecule has 0 atom stereocenters. The van der Waals surface area contributed by atoms with Crippen molar-refractivity contribution in [3.63, 3.8) is 0 Å². The first-order chi connectivity index (χ1) is 14.2. The number of rotatable bonds is 5. The minimum atomic E-state index is -0.295. The molecule has 1 aliphatic heterocycles. The van der Waals surface area contributed by atoms with Crippen LogP contribution in [0.25, 0.3) is 0 Å². The Morgan fingerprint density at radius 3 is 2.69 bits per heavy atom. The Kier molecular flexibility index (Phi) is 5.90. The van der Waals surface area contributed by atoms with Gasteiger partial charge in [-0.15, -0.1) is 5.10 Å². The first-order valence-corrected chi connectivity index (χ1v) is 9.74. The van der Waals surface area contributed by atoms with Crippen molar-refractivity contribution >= 4 is 5.91 Å². The summed E-state index contributed by atoms with van der Waals surface area (Å²) >= 11 is 0. The summed E-state index contributed by atoms with van der Waals surface area (Å²) in [5, 5.41) is 8.01. The van der Waals surface area contributed by atoms with Gasteiger partial charge in [-0.1, -0.05) is 29.5 Å². The summed E-state index contributed by atoms with van der Waals surface area (Å²) in [6.07, 6.45) is 4.28. The highest BCUT2D eigenvalue weighted by atomic mass is 19.1. The number of benzene rings is 1. The van der Waals surface area contributed by atoms with Gasteiger partial charge >= 0.3 is 0 Å². The number of amides is 1. The molecule has 0 saturated carbocycles. The molecule has 0 unspecified atom stereocenters. The molecule has 3 heterocycles. The molecule has 0 N–H and O–H groups in total. The fraction of sp³-hybridized carbons (Fsp3) is 0.333.